The fourth-order valence-corrected chi connectivity index (χ4v) is 5.24. The third-order valence-corrected chi connectivity index (χ3v) is 7.02. The highest BCUT2D eigenvalue weighted by atomic mass is 16.5. The highest BCUT2D eigenvalue weighted by molar-refractivity contribution is 6.00. The van der Waals surface area contributed by atoms with Gasteiger partial charge in [-0.25, -0.2) is 9.97 Å². The molecule has 5 heterocycles. The quantitative estimate of drug-likeness (QED) is 0.706. The Morgan fingerprint density at radius 2 is 1.94 bits per heavy atom. The zero-order chi connectivity index (χ0) is 22.2. The number of likely N-dealkylation sites (tertiary alicyclic amines) is 2. The molecule has 2 amide bonds. The van der Waals surface area contributed by atoms with Gasteiger partial charge in [0.1, 0.15) is 23.3 Å². The third kappa shape index (κ3) is 3.88. The molecule has 3 fully saturated rings. The molecule has 0 saturated carbocycles. The summed E-state index contributed by atoms with van der Waals surface area (Å²) >= 11 is 0. The van der Waals surface area contributed by atoms with Gasteiger partial charge in [0, 0.05) is 38.9 Å². The minimum absolute atomic E-state index is 0.0885. The van der Waals surface area contributed by atoms with Gasteiger partial charge in [-0.05, 0) is 44.1 Å². The third-order valence-electron chi connectivity index (χ3n) is 7.02. The molecule has 4 atom stereocenters. The van der Waals surface area contributed by atoms with Crippen LogP contribution in [0.4, 0.5) is 0 Å². The molecule has 2 aromatic rings. The lowest BCUT2D eigenvalue weighted by molar-refractivity contribution is -0.132. The average molecular weight is 441 g/mol. The zero-order valence-corrected chi connectivity index (χ0v) is 18.1. The molecule has 2 aromatic heterocycles. The first-order valence-corrected chi connectivity index (χ1v) is 11.2. The van der Waals surface area contributed by atoms with Gasteiger partial charge in [-0.15, -0.1) is 0 Å². The van der Waals surface area contributed by atoms with Crippen molar-refractivity contribution in [1.29, 1.82) is 0 Å². The molecule has 5 rings (SSSR count). The number of aryl methyl sites for hydroxylation is 1. The van der Waals surface area contributed by atoms with Crippen molar-refractivity contribution in [3.8, 4) is 11.4 Å². The van der Waals surface area contributed by atoms with Crippen molar-refractivity contribution in [3.05, 3.63) is 29.9 Å². The van der Waals surface area contributed by atoms with Gasteiger partial charge in [0.2, 0.25) is 5.91 Å². The Kier molecular flexibility index (Phi) is 5.64. The van der Waals surface area contributed by atoms with Gasteiger partial charge in [0.25, 0.3) is 5.91 Å². The monoisotopic (exact) mass is 440 g/mol. The van der Waals surface area contributed by atoms with E-state index in [4.69, 9.17) is 4.52 Å². The summed E-state index contributed by atoms with van der Waals surface area (Å²) in [7, 11) is 0. The van der Waals surface area contributed by atoms with Gasteiger partial charge in [-0.1, -0.05) is 5.16 Å². The number of aliphatic hydroxyl groups is 1. The van der Waals surface area contributed by atoms with Gasteiger partial charge >= 0.3 is 0 Å². The number of nitrogens with zero attached hydrogens (tertiary/aromatic N) is 5. The first kappa shape index (κ1) is 21.0. The summed E-state index contributed by atoms with van der Waals surface area (Å²) in [6, 6.07) is 1.44. The fraction of sp³-hybridized carbons (Fsp3) is 0.591. The molecule has 0 radical (unpaired) electrons. The highest BCUT2D eigenvalue weighted by Crippen LogP contribution is 2.34. The largest absolute Gasteiger partial charge is 0.392 e. The minimum atomic E-state index is -0.440. The summed E-state index contributed by atoms with van der Waals surface area (Å²) in [4.78, 5) is 38.2. The summed E-state index contributed by atoms with van der Waals surface area (Å²) in [5.41, 5.74) is 1.47. The molecule has 0 spiro atoms. The topological polar surface area (TPSA) is 125 Å². The van der Waals surface area contributed by atoms with Gasteiger partial charge in [0.15, 0.2) is 0 Å². The summed E-state index contributed by atoms with van der Waals surface area (Å²) < 4.78 is 5.34. The van der Waals surface area contributed by atoms with E-state index >= 15 is 0 Å². The number of aliphatic hydroxyl groups excluding tert-OH is 1. The summed E-state index contributed by atoms with van der Waals surface area (Å²) in [6.07, 6.45) is 4.80. The van der Waals surface area contributed by atoms with Crippen LogP contribution in [0.15, 0.2) is 23.1 Å². The van der Waals surface area contributed by atoms with Crippen LogP contribution < -0.4 is 5.32 Å². The smallest absolute Gasteiger partial charge is 0.259 e. The summed E-state index contributed by atoms with van der Waals surface area (Å²) in [5, 5.41) is 16.9. The van der Waals surface area contributed by atoms with Crippen molar-refractivity contribution in [3.63, 3.8) is 0 Å². The Morgan fingerprint density at radius 3 is 2.56 bits per heavy atom. The molecule has 0 aromatic carbocycles. The number of amides is 2. The van der Waals surface area contributed by atoms with E-state index in [2.05, 4.69) is 20.4 Å². The van der Waals surface area contributed by atoms with Crippen molar-refractivity contribution in [2.45, 2.75) is 38.3 Å². The van der Waals surface area contributed by atoms with Crippen molar-refractivity contribution < 1.29 is 19.2 Å². The summed E-state index contributed by atoms with van der Waals surface area (Å²) in [5.74, 6) is 1.25. The van der Waals surface area contributed by atoms with Crippen LogP contribution in [0.1, 0.15) is 35.4 Å². The first-order valence-electron chi connectivity index (χ1n) is 11.2. The second kappa shape index (κ2) is 8.59. The number of carbonyl (C=O) groups excluding carboxylic acids is 2. The van der Waals surface area contributed by atoms with Crippen LogP contribution in [0.25, 0.3) is 11.4 Å². The van der Waals surface area contributed by atoms with Crippen LogP contribution >= 0.6 is 0 Å². The number of hydrogen-bond donors (Lipinski definition) is 2. The van der Waals surface area contributed by atoms with Crippen LogP contribution in [0.5, 0.6) is 0 Å². The Hall–Kier alpha value is -2.85. The maximum Gasteiger partial charge on any atom is 0.259 e. The highest BCUT2D eigenvalue weighted by Gasteiger charge is 2.41. The molecule has 32 heavy (non-hydrogen) atoms. The van der Waals surface area contributed by atoms with Crippen LogP contribution in [0, 0.1) is 18.8 Å². The van der Waals surface area contributed by atoms with E-state index in [0.717, 1.165) is 25.9 Å². The molecule has 3 saturated heterocycles. The number of fused-ring (bicyclic) bond motifs is 1. The lowest BCUT2D eigenvalue weighted by Gasteiger charge is -2.23. The van der Waals surface area contributed by atoms with Crippen molar-refractivity contribution in [2.24, 2.45) is 11.8 Å². The van der Waals surface area contributed by atoms with Crippen molar-refractivity contribution in [2.75, 3.05) is 32.7 Å². The molecule has 2 N–H and O–H groups in total. The van der Waals surface area contributed by atoms with Gasteiger partial charge in [-0.2, -0.15) is 0 Å². The summed E-state index contributed by atoms with van der Waals surface area (Å²) in [6.45, 7) is 4.94. The van der Waals surface area contributed by atoms with E-state index in [-0.39, 0.29) is 17.9 Å². The predicted molar refractivity (Wildman–Crippen MR) is 113 cm³/mol. The van der Waals surface area contributed by atoms with E-state index in [1.54, 1.807) is 19.2 Å². The maximum atomic E-state index is 13.4. The van der Waals surface area contributed by atoms with E-state index < -0.39 is 6.10 Å². The van der Waals surface area contributed by atoms with Crippen LogP contribution in [0.2, 0.25) is 0 Å². The number of rotatable bonds is 3. The molecule has 10 heteroatoms. The normalized spacial score (nSPS) is 27.9. The van der Waals surface area contributed by atoms with E-state index in [9.17, 15) is 14.7 Å². The molecular weight excluding hydrogens is 412 g/mol. The number of hydrogen-bond acceptors (Lipinski definition) is 8. The molecule has 3 aliphatic heterocycles. The van der Waals surface area contributed by atoms with Crippen LogP contribution in [-0.4, -0.2) is 86.7 Å². The Morgan fingerprint density at radius 1 is 1.19 bits per heavy atom. The minimum Gasteiger partial charge on any atom is -0.392 e. The molecular formula is C22H28N6O4. The Bertz CT molecular complexity index is 980. The molecule has 10 nitrogen and oxygen atoms in total. The molecule has 3 aliphatic rings. The Balaban J connectivity index is 1.25. The van der Waals surface area contributed by atoms with E-state index in [1.165, 1.54) is 6.33 Å². The van der Waals surface area contributed by atoms with E-state index in [0.29, 0.717) is 60.6 Å². The van der Waals surface area contributed by atoms with Crippen molar-refractivity contribution in [1.82, 2.24) is 30.2 Å². The standard InChI is InChI=1S/C22H28N6O4/c1-13-19(20(26-32-13)17-2-5-23-12-25-17)22(31)27-6-3-14-10-28(11-15(14)4-7-27)21(30)18-8-16(29)9-24-18/h2,5,12,14-16,18,24,29H,3-4,6-11H2,1H3/t14-,15+,16-,18+/m0/s1. The number of carbonyl (C=O) groups is 2. The van der Waals surface area contributed by atoms with Crippen LogP contribution in [-0.2, 0) is 4.79 Å². The van der Waals surface area contributed by atoms with Gasteiger partial charge < -0.3 is 24.7 Å². The average Bonchev–Trinajstić information content (AvgIpc) is 3.49. The van der Waals surface area contributed by atoms with Gasteiger partial charge in [0.05, 0.1) is 17.8 Å². The predicted octanol–water partition coefficient (Wildman–Crippen LogP) is 0.473. The number of nitrogens with one attached hydrogen (secondary N) is 1. The molecule has 0 aliphatic carbocycles. The lowest BCUT2D eigenvalue weighted by Crippen LogP contribution is -2.43. The number of aromatic nitrogens is 3. The fourth-order valence-electron chi connectivity index (χ4n) is 5.24. The second-order valence-electron chi connectivity index (χ2n) is 9.04. The SMILES string of the molecule is Cc1onc(-c2ccncn2)c1C(=O)N1CC[C@@H]2CN(C(=O)[C@H]3C[C@H](O)CN3)C[C@@H]2CC1. The number of β-amino-alcohol motifs (C(OH)–C–C–N with tert-alkyl or cyclic N) is 1. The molecule has 170 valence electrons. The molecule has 0 unspecified atom stereocenters. The lowest BCUT2D eigenvalue weighted by atomic mass is 9.92. The zero-order valence-electron chi connectivity index (χ0n) is 18.1. The second-order valence-corrected chi connectivity index (χ2v) is 9.04. The van der Waals surface area contributed by atoms with Crippen molar-refractivity contribution >= 4 is 11.8 Å². The van der Waals surface area contributed by atoms with Gasteiger partial charge in [-0.3, -0.25) is 9.59 Å². The first-order chi connectivity index (χ1) is 15.5. The van der Waals surface area contributed by atoms with Crippen LogP contribution in [0.3, 0.4) is 0 Å². The molecule has 0 bridgehead atoms. The Labute approximate surface area is 186 Å². The maximum absolute atomic E-state index is 13.4. The van der Waals surface area contributed by atoms with E-state index in [1.807, 2.05) is 9.80 Å².